The molecule has 0 aromatic heterocycles. The number of ether oxygens (including phenoxy) is 2. The predicted molar refractivity (Wildman–Crippen MR) is 80.2 cm³/mol. The lowest BCUT2D eigenvalue weighted by atomic mass is 10.1. The van der Waals surface area contributed by atoms with Gasteiger partial charge in [0.05, 0.1) is 24.9 Å². The first kappa shape index (κ1) is 16.5. The van der Waals surface area contributed by atoms with Gasteiger partial charge in [0.2, 0.25) is 0 Å². The van der Waals surface area contributed by atoms with E-state index in [1.807, 2.05) is 0 Å². The van der Waals surface area contributed by atoms with Crippen molar-refractivity contribution in [1.29, 1.82) is 0 Å². The summed E-state index contributed by atoms with van der Waals surface area (Å²) in [5.74, 6) is -1.15. The van der Waals surface area contributed by atoms with Gasteiger partial charge in [-0.3, -0.25) is 4.79 Å². The van der Waals surface area contributed by atoms with Crippen LogP contribution in [0.15, 0.2) is 24.3 Å². The minimum Gasteiger partial charge on any atom is -0.478 e. The van der Waals surface area contributed by atoms with Crippen molar-refractivity contribution < 1.29 is 24.2 Å². The van der Waals surface area contributed by atoms with Gasteiger partial charge in [0.25, 0.3) is 5.91 Å². The summed E-state index contributed by atoms with van der Waals surface area (Å²) >= 11 is 0. The van der Waals surface area contributed by atoms with E-state index < -0.39 is 5.97 Å². The molecule has 1 aliphatic heterocycles. The number of likely N-dealkylation sites (tertiary alicyclic amines) is 1. The summed E-state index contributed by atoms with van der Waals surface area (Å²) in [6.07, 6.45) is 1.73. The molecule has 0 spiro atoms. The molecule has 1 fully saturated rings. The van der Waals surface area contributed by atoms with Crippen LogP contribution in [0.1, 0.15) is 33.6 Å². The van der Waals surface area contributed by atoms with Gasteiger partial charge in [-0.2, -0.15) is 0 Å². The van der Waals surface area contributed by atoms with Crippen molar-refractivity contribution in [2.45, 2.75) is 18.9 Å². The summed E-state index contributed by atoms with van der Waals surface area (Å²) in [6, 6.07) is 6.15. The van der Waals surface area contributed by atoms with Crippen LogP contribution in [0.25, 0.3) is 0 Å². The van der Waals surface area contributed by atoms with Crippen LogP contribution < -0.4 is 0 Å². The molecule has 1 aromatic rings. The van der Waals surface area contributed by atoms with Gasteiger partial charge in [0, 0.05) is 25.8 Å². The number of nitrogens with zero attached hydrogens (tertiary/aromatic N) is 1. The summed E-state index contributed by atoms with van der Waals surface area (Å²) < 4.78 is 10.6. The number of carbonyl (C=O) groups excluding carboxylic acids is 1. The number of aromatic carboxylic acids is 1. The molecule has 0 unspecified atom stereocenters. The Morgan fingerprint density at radius 3 is 2.55 bits per heavy atom. The Balaban J connectivity index is 1.89. The monoisotopic (exact) mass is 307 g/mol. The average molecular weight is 307 g/mol. The standard InChI is InChI=1S/C16H21NO5/c1-21-9-10-22-14-5-7-17(8-6-14)15(18)12-3-2-4-13(11-12)16(19)20/h2-4,11,14H,5-10H2,1H3,(H,19,20). The molecule has 1 N–H and O–H groups in total. The molecule has 0 saturated carbocycles. The highest BCUT2D eigenvalue weighted by Crippen LogP contribution is 2.17. The van der Waals surface area contributed by atoms with Crippen LogP contribution in [0.4, 0.5) is 0 Å². The fourth-order valence-corrected chi connectivity index (χ4v) is 2.49. The second kappa shape index (κ2) is 7.91. The van der Waals surface area contributed by atoms with Crippen LogP contribution in [0, 0.1) is 0 Å². The van der Waals surface area contributed by atoms with E-state index in [4.69, 9.17) is 14.6 Å². The molecule has 0 atom stereocenters. The molecule has 0 bridgehead atoms. The number of piperidine rings is 1. The maximum absolute atomic E-state index is 12.4. The highest BCUT2D eigenvalue weighted by molar-refractivity contribution is 5.97. The quantitative estimate of drug-likeness (QED) is 0.809. The third-order valence-corrected chi connectivity index (χ3v) is 3.73. The highest BCUT2D eigenvalue weighted by Gasteiger charge is 2.24. The Hall–Kier alpha value is -1.92. The summed E-state index contributed by atoms with van der Waals surface area (Å²) in [5, 5.41) is 8.99. The third kappa shape index (κ3) is 4.29. The molecular formula is C16H21NO5. The first-order chi connectivity index (χ1) is 10.6. The fraction of sp³-hybridized carbons (Fsp3) is 0.500. The van der Waals surface area contributed by atoms with E-state index in [0.29, 0.717) is 31.9 Å². The molecule has 2 rings (SSSR count). The van der Waals surface area contributed by atoms with E-state index in [1.165, 1.54) is 12.1 Å². The van der Waals surface area contributed by atoms with E-state index in [9.17, 15) is 9.59 Å². The number of amides is 1. The Morgan fingerprint density at radius 1 is 1.23 bits per heavy atom. The Morgan fingerprint density at radius 2 is 1.91 bits per heavy atom. The smallest absolute Gasteiger partial charge is 0.335 e. The summed E-state index contributed by atoms with van der Waals surface area (Å²) in [6.45, 7) is 2.37. The van der Waals surface area contributed by atoms with Gasteiger partial charge >= 0.3 is 5.97 Å². The van der Waals surface area contributed by atoms with E-state index >= 15 is 0 Å². The fourth-order valence-electron chi connectivity index (χ4n) is 2.49. The SMILES string of the molecule is COCCOC1CCN(C(=O)c2cccc(C(=O)O)c2)CC1. The van der Waals surface area contributed by atoms with E-state index in [2.05, 4.69) is 0 Å². The zero-order valence-corrected chi connectivity index (χ0v) is 12.7. The molecular weight excluding hydrogens is 286 g/mol. The lowest BCUT2D eigenvalue weighted by Gasteiger charge is -2.32. The molecule has 22 heavy (non-hydrogen) atoms. The highest BCUT2D eigenvalue weighted by atomic mass is 16.5. The zero-order chi connectivity index (χ0) is 15.9. The average Bonchev–Trinajstić information content (AvgIpc) is 2.55. The van der Waals surface area contributed by atoms with Gasteiger partial charge in [0.1, 0.15) is 0 Å². The number of hydrogen-bond acceptors (Lipinski definition) is 4. The first-order valence-electron chi connectivity index (χ1n) is 7.35. The topological polar surface area (TPSA) is 76.1 Å². The maximum atomic E-state index is 12.4. The van der Waals surface area contributed by atoms with Gasteiger partial charge in [-0.1, -0.05) is 6.07 Å². The largest absolute Gasteiger partial charge is 0.478 e. The number of benzene rings is 1. The maximum Gasteiger partial charge on any atom is 0.335 e. The first-order valence-corrected chi connectivity index (χ1v) is 7.35. The van der Waals surface area contributed by atoms with Gasteiger partial charge in [-0.15, -0.1) is 0 Å². The number of carbonyl (C=O) groups is 2. The van der Waals surface area contributed by atoms with Crippen molar-refractivity contribution in [3.8, 4) is 0 Å². The molecule has 6 heteroatoms. The Bertz CT molecular complexity index is 523. The normalized spacial score (nSPS) is 15.8. The van der Waals surface area contributed by atoms with Gasteiger partial charge in [-0.05, 0) is 31.0 Å². The molecule has 0 radical (unpaired) electrons. The summed E-state index contributed by atoms with van der Waals surface area (Å²) in [5.41, 5.74) is 0.544. The van der Waals surface area contributed by atoms with Crippen LogP contribution in [0.5, 0.6) is 0 Å². The second-order valence-electron chi connectivity index (χ2n) is 5.24. The third-order valence-electron chi connectivity index (χ3n) is 3.73. The van der Waals surface area contributed by atoms with E-state index in [1.54, 1.807) is 24.1 Å². The summed E-state index contributed by atoms with van der Waals surface area (Å²) in [4.78, 5) is 25.1. The van der Waals surface area contributed by atoms with Crippen LogP contribution in [0.3, 0.4) is 0 Å². The molecule has 1 saturated heterocycles. The zero-order valence-electron chi connectivity index (χ0n) is 12.7. The van der Waals surface area contributed by atoms with Gasteiger partial charge in [0.15, 0.2) is 0 Å². The minimum absolute atomic E-state index is 0.126. The molecule has 1 amide bonds. The van der Waals surface area contributed by atoms with Gasteiger partial charge < -0.3 is 19.5 Å². The lowest BCUT2D eigenvalue weighted by molar-refractivity contribution is -0.0122. The van der Waals surface area contributed by atoms with Crippen molar-refractivity contribution in [2.24, 2.45) is 0 Å². The molecule has 1 heterocycles. The molecule has 1 aromatic carbocycles. The van der Waals surface area contributed by atoms with Crippen molar-refractivity contribution in [3.63, 3.8) is 0 Å². The molecule has 120 valence electrons. The molecule has 6 nitrogen and oxygen atoms in total. The number of methoxy groups -OCH3 is 1. The van der Waals surface area contributed by atoms with Crippen LogP contribution in [0.2, 0.25) is 0 Å². The van der Waals surface area contributed by atoms with Crippen LogP contribution in [-0.2, 0) is 9.47 Å². The molecule has 1 aliphatic rings. The summed E-state index contributed by atoms with van der Waals surface area (Å²) in [7, 11) is 1.63. The minimum atomic E-state index is -1.03. The van der Waals surface area contributed by atoms with E-state index in [0.717, 1.165) is 12.8 Å². The van der Waals surface area contributed by atoms with Crippen LogP contribution >= 0.6 is 0 Å². The lowest BCUT2D eigenvalue weighted by Crippen LogP contribution is -2.41. The van der Waals surface area contributed by atoms with E-state index in [-0.39, 0.29) is 17.6 Å². The van der Waals surface area contributed by atoms with Crippen molar-refractivity contribution in [1.82, 2.24) is 4.90 Å². The Labute approximate surface area is 129 Å². The van der Waals surface area contributed by atoms with Crippen molar-refractivity contribution in [3.05, 3.63) is 35.4 Å². The predicted octanol–water partition coefficient (Wildman–Crippen LogP) is 1.65. The number of rotatable bonds is 6. The number of hydrogen-bond donors (Lipinski definition) is 1. The Kier molecular flexibility index (Phi) is 5.91. The van der Waals surface area contributed by atoms with Crippen LogP contribution in [-0.4, -0.2) is 61.4 Å². The number of carboxylic acids is 1. The van der Waals surface area contributed by atoms with Gasteiger partial charge in [-0.25, -0.2) is 4.79 Å². The van der Waals surface area contributed by atoms with Crippen molar-refractivity contribution in [2.75, 3.05) is 33.4 Å². The number of carboxylic acid groups (broad SMARTS) is 1. The second-order valence-corrected chi connectivity index (χ2v) is 5.24. The molecule has 0 aliphatic carbocycles. The van der Waals surface area contributed by atoms with Crippen molar-refractivity contribution >= 4 is 11.9 Å².